The molecule has 0 bridgehead atoms. The summed E-state index contributed by atoms with van der Waals surface area (Å²) in [6, 6.07) is 7.81. The first-order chi connectivity index (χ1) is 15.3. The van der Waals surface area contributed by atoms with Crippen LogP contribution in [-0.4, -0.2) is 51.4 Å². The van der Waals surface area contributed by atoms with Crippen molar-refractivity contribution in [1.82, 2.24) is 14.9 Å². The molecule has 2 aliphatic heterocycles. The third kappa shape index (κ3) is 4.73. The van der Waals surface area contributed by atoms with Crippen LogP contribution in [0.5, 0.6) is 0 Å². The largest absolute Gasteiger partial charge is 0.494 e. The summed E-state index contributed by atoms with van der Waals surface area (Å²) in [7, 11) is -0.393. The monoisotopic (exact) mass is 451 g/mol. The fourth-order valence-corrected chi connectivity index (χ4v) is 3.94. The Morgan fingerprint density at radius 1 is 1.15 bits per heavy atom. The minimum absolute atomic E-state index is 0.280. The summed E-state index contributed by atoms with van der Waals surface area (Å²) in [6.07, 6.45) is 3.51. The zero-order chi connectivity index (χ0) is 24.2. The number of aromatic nitrogens is 2. The summed E-state index contributed by atoms with van der Waals surface area (Å²) < 4.78 is 17.9. The van der Waals surface area contributed by atoms with Gasteiger partial charge in [0.05, 0.1) is 23.1 Å². The van der Waals surface area contributed by atoms with Crippen molar-refractivity contribution in [3.05, 3.63) is 47.9 Å². The SMILES string of the molecule is CC1=C[C@@H](c2ncc(-c3ccc(B4OC(C)(C)C(C)(C)O4)cc3)[nH]2)N(C(=O)OC(C)(C)C)C1. The molecule has 1 atom stereocenters. The van der Waals surface area contributed by atoms with Gasteiger partial charge in [0, 0.05) is 6.54 Å². The Kier molecular flexibility index (Phi) is 5.73. The average Bonchev–Trinajstić information content (AvgIpc) is 3.37. The summed E-state index contributed by atoms with van der Waals surface area (Å²) in [5, 5.41) is 0. The number of imidazole rings is 1. The summed E-state index contributed by atoms with van der Waals surface area (Å²) in [5.74, 6) is 0.711. The molecule has 1 aromatic carbocycles. The maximum atomic E-state index is 12.7. The van der Waals surface area contributed by atoms with Crippen molar-refractivity contribution >= 4 is 18.7 Å². The number of nitrogens with one attached hydrogen (secondary N) is 1. The number of hydrogen-bond acceptors (Lipinski definition) is 5. The van der Waals surface area contributed by atoms with Crippen LogP contribution in [0.15, 0.2) is 42.1 Å². The summed E-state index contributed by atoms with van der Waals surface area (Å²) in [5.41, 5.74) is 2.66. The molecule has 0 aliphatic carbocycles. The van der Waals surface area contributed by atoms with E-state index in [0.29, 0.717) is 12.4 Å². The Morgan fingerprint density at radius 2 is 1.76 bits per heavy atom. The number of H-pyrrole nitrogens is 1. The topological polar surface area (TPSA) is 76.7 Å². The molecule has 1 amide bonds. The van der Waals surface area contributed by atoms with Crippen LogP contribution in [-0.2, 0) is 14.0 Å². The smallest absolute Gasteiger partial charge is 0.444 e. The van der Waals surface area contributed by atoms with E-state index in [0.717, 1.165) is 22.3 Å². The van der Waals surface area contributed by atoms with E-state index in [4.69, 9.17) is 14.0 Å². The third-order valence-corrected chi connectivity index (χ3v) is 6.45. The molecule has 7 nitrogen and oxygen atoms in total. The number of benzene rings is 1. The number of carbonyl (C=O) groups excluding carboxylic acids is 1. The van der Waals surface area contributed by atoms with E-state index in [1.54, 1.807) is 11.1 Å². The summed E-state index contributed by atoms with van der Waals surface area (Å²) >= 11 is 0. The first-order valence-corrected chi connectivity index (χ1v) is 11.4. The lowest BCUT2D eigenvalue weighted by Crippen LogP contribution is -2.41. The van der Waals surface area contributed by atoms with Crippen molar-refractivity contribution in [2.45, 2.75) is 78.2 Å². The fourth-order valence-electron chi connectivity index (χ4n) is 3.94. The molecule has 1 saturated heterocycles. The Hall–Kier alpha value is -2.58. The quantitative estimate of drug-likeness (QED) is 0.545. The van der Waals surface area contributed by atoms with Crippen molar-refractivity contribution < 1.29 is 18.8 Å². The summed E-state index contributed by atoms with van der Waals surface area (Å²) in [4.78, 5) is 22.4. The highest BCUT2D eigenvalue weighted by atomic mass is 16.7. The highest BCUT2D eigenvalue weighted by molar-refractivity contribution is 6.62. The van der Waals surface area contributed by atoms with Crippen LogP contribution in [0.3, 0.4) is 0 Å². The van der Waals surface area contributed by atoms with Gasteiger partial charge < -0.3 is 19.0 Å². The number of hydrogen-bond donors (Lipinski definition) is 1. The van der Waals surface area contributed by atoms with E-state index in [1.807, 2.05) is 85.7 Å². The first-order valence-electron chi connectivity index (χ1n) is 11.4. The van der Waals surface area contributed by atoms with Gasteiger partial charge in [-0.1, -0.05) is 35.9 Å². The Labute approximate surface area is 196 Å². The van der Waals surface area contributed by atoms with Crippen LogP contribution in [0.4, 0.5) is 4.79 Å². The number of amides is 1. The molecule has 176 valence electrons. The zero-order valence-electron chi connectivity index (χ0n) is 20.9. The molecule has 33 heavy (non-hydrogen) atoms. The second-order valence-electron chi connectivity index (χ2n) is 11.0. The normalized spacial score (nSPS) is 21.9. The van der Waals surface area contributed by atoms with Gasteiger partial charge >= 0.3 is 13.2 Å². The van der Waals surface area contributed by atoms with Gasteiger partial charge in [0.25, 0.3) is 0 Å². The zero-order valence-corrected chi connectivity index (χ0v) is 20.9. The van der Waals surface area contributed by atoms with E-state index in [1.165, 1.54) is 0 Å². The highest BCUT2D eigenvalue weighted by Gasteiger charge is 2.51. The van der Waals surface area contributed by atoms with Crippen molar-refractivity contribution in [2.75, 3.05) is 6.54 Å². The molecule has 1 aromatic heterocycles. The minimum atomic E-state index is -0.550. The van der Waals surface area contributed by atoms with E-state index < -0.39 is 12.7 Å². The van der Waals surface area contributed by atoms with Crippen LogP contribution in [0, 0.1) is 0 Å². The maximum absolute atomic E-state index is 12.7. The van der Waals surface area contributed by atoms with Crippen molar-refractivity contribution in [3.63, 3.8) is 0 Å². The van der Waals surface area contributed by atoms with Gasteiger partial charge in [0.15, 0.2) is 0 Å². The molecule has 0 spiro atoms. The van der Waals surface area contributed by atoms with Gasteiger partial charge in [-0.2, -0.15) is 0 Å². The molecule has 4 rings (SSSR count). The second-order valence-corrected chi connectivity index (χ2v) is 11.0. The lowest BCUT2D eigenvalue weighted by molar-refractivity contribution is 0.00578. The van der Waals surface area contributed by atoms with Gasteiger partial charge in [-0.15, -0.1) is 0 Å². The molecule has 2 aliphatic rings. The standard InChI is InChI=1S/C25H34BN3O4/c1-16-13-20(29(15-16)22(30)31-23(2,3)4)21-27-14-19(28-21)17-9-11-18(12-10-17)26-32-24(5,6)25(7,8)33-26/h9-14,20H,15H2,1-8H3,(H,27,28)/t20-/m0/s1. The number of aromatic amines is 1. The number of nitrogens with zero attached hydrogens (tertiary/aromatic N) is 2. The molecule has 8 heteroatoms. The molecule has 0 unspecified atom stereocenters. The Morgan fingerprint density at radius 3 is 2.33 bits per heavy atom. The minimum Gasteiger partial charge on any atom is -0.444 e. The maximum Gasteiger partial charge on any atom is 0.494 e. The molecule has 0 saturated carbocycles. The van der Waals surface area contributed by atoms with E-state index in [2.05, 4.69) is 9.97 Å². The van der Waals surface area contributed by atoms with Crippen molar-refractivity contribution in [2.24, 2.45) is 0 Å². The molecule has 1 fully saturated rings. The predicted molar refractivity (Wildman–Crippen MR) is 129 cm³/mol. The number of ether oxygens (including phenoxy) is 1. The third-order valence-electron chi connectivity index (χ3n) is 6.45. The molecule has 3 heterocycles. The van der Waals surface area contributed by atoms with Crippen LogP contribution in [0.2, 0.25) is 0 Å². The number of rotatable bonds is 3. The van der Waals surface area contributed by atoms with Crippen LogP contribution >= 0.6 is 0 Å². The summed E-state index contributed by atoms with van der Waals surface area (Å²) in [6.45, 7) is 16.3. The Bertz CT molecular complexity index is 1050. The van der Waals surface area contributed by atoms with Crippen molar-refractivity contribution in [3.8, 4) is 11.3 Å². The fraction of sp³-hybridized carbons (Fsp3) is 0.520. The number of carbonyl (C=O) groups is 1. The van der Waals surface area contributed by atoms with E-state index in [9.17, 15) is 4.79 Å². The second kappa shape index (κ2) is 8.03. The van der Waals surface area contributed by atoms with E-state index >= 15 is 0 Å². The highest BCUT2D eigenvalue weighted by Crippen LogP contribution is 2.36. The molecule has 2 aromatic rings. The van der Waals surface area contributed by atoms with Gasteiger partial charge in [-0.3, -0.25) is 4.90 Å². The van der Waals surface area contributed by atoms with Gasteiger partial charge in [0.1, 0.15) is 17.5 Å². The lowest BCUT2D eigenvalue weighted by Gasteiger charge is -2.32. The first kappa shape index (κ1) is 23.6. The Balaban J connectivity index is 1.51. The molecule has 0 radical (unpaired) electrons. The van der Waals surface area contributed by atoms with Crippen molar-refractivity contribution in [1.29, 1.82) is 0 Å². The van der Waals surface area contributed by atoms with E-state index in [-0.39, 0.29) is 23.3 Å². The molecule has 1 N–H and O–H groups in total. The lowest BCUT2D eigenvalue weighted by atomic mass is 9.79. The van der Waals surface area contributed by atoms with Gasteiger partial charge in [0.2, 0.25) is 0 Å². The molecular weight excluding hydrogens is 417 g/mol. The van der Waals surface area contributed by atoms with Crippen LogP contribution in [0.1, 0.15) is 67.3 Å². The van der Waals surface area contributed by atoms with Gasteiger partial charge in [-0.25, -0.2) is 9.78 Å². The van der Waals surface area contributed by atoms with Crippen LogP contribution < -0.4 is 5.46 Å². The molecular formula is C25H34BN3O4. The predicted octanol–water partition coefficient (Wildman–Crippen LogP) is 4.61. The van der Waals surface area contributed by atoms with Gasteiger partial charge in [-0.05, 0) is 66.4 Å². The van der Waals surface area contributed by atoms with Crippen LogP contribution in [0.25, 0.3) is 11.3 Å². The average molecular weight is 451 g/mol.